The van der Waals surface area contributed by atoms with Gasteiger partial charge in [-0.25, -0.2) is 0 Å². The predicted molar refractivity (Wildman–Crippen MR) is 77.7 cm³/mol. The van der Waals surface area contributed by atoms with Gasteiger partial charge in [0.2, 0.25) is 5.91 Å². The molecule has 0 unspecified atom stereocenters. The van der Waals surface area contributed by atoms with Gasteiger partial charge in [0.05, 0.1) is 0 Å². The Labute approximate surface area is 113 Å². The summed E-state index contributed by atoms with van der Waals surface area (Å²) in [5.74, 6) is 0.127. The van der Waals surface area contributed by atoms with Crippen molar-refractivity contribution in [3.63, 3.8) is 0 Å². The zero-order valence-corrected chi connectivity index (χ0v) is 12.9. The van der Waals surface area contributed by atoms with Crippen molar-refractivity contribution in [2.75, 3.05) is 19.6 Å². The molecule has 0 aromatic heterocycles. The zero-order chi connectivity index (χ0) is 14.1. The minimum Gasteiger partial charge on any atom is -0.354 e. The van der Waals surface area contributed by atoms with Crippen molar-refractivity contribution >= 4 is 5.91 Å². The van der Waals surface area contributed by atoms with Crippen LogP contribution in [0.2, 0.25) is 0 Å². The summed E-state index contributed by atoms with van der Waals surface area (Å²) in [6.45, 7) is 15.6. The topological polar surface area (TPSA) is 44.4 Å². The summed E-state index contributed by atoms with van der Waals surface area (Å²) in [5.41, 5.74) is 0. The molecular weight excluding hydrogens is 226 g/mol. The van der Waals surface area contributed by atoms with Crippen molar-refractivity contribution in [3.8, 4) is 0 Å². The summed E-state index contributed by atoms with van der Waals surface area (Å²) >= 11 is 0. The van der Waals surface area contributed by atoms with Gasteiger partial charge < -0.3 is 10.6 Å². The minimum atomic E-state index is 0.127. The van der Waals surface area contributed by atoms with Crippen molar-refractivity contribution in [1.29, 1.82) is 0 Å². The molecule has 0 aliphatic heterocycles. The normalized spacial score (nSPS) is 11.9. The lowest BCUT2D eigenvalue weighted by Gasteiger charge is -2.30. The number of hydrogen-bond acceptors (Lipinski definition) is 3. The van der Waals surface area contributed by atoms with E-state index in [0.29, 0.717) is 18.5 Å². The molecule has 2 N–H and O–H groups in total. The molecular formula is C14H31N3O. The fraction of sp³-hybridized carbons (Fsp3) is 0.929. The van der Waals surface area contributed by atoms with Crippen molar-refractivity contribution in [2.45, 2.75) is 66.1 Å². The number of carbonyl (C=O) groups is 1. The smallest absolute Gasteiger partial charge is 0.221 e. The van der Waals surface area contributed by atoms with Crippen LogP contribution in [0.3, 0.4) is 0 Å². The van der Waals surface area contributed by atoms with Crippen LogP contribution in [0.1, 0.15) is 48.0 Å². The van der Waals surface area contributed by atoms with Crippen molar-refractivity contribution in [1.82, 2.24) is 15.5 Å². The van der Waals surface area contributed by atoms with Crippen molar-refractivity contribution in [3.05, 3.63) is 0 Å². The van der Waals surface area contributed by atoms with Crippen LogP contribution in [0, 0.1) is 0 Å². The van der Waals surface area contributed by atoms with E-state index in [1.807, 2.05) is 13.8 Å². The molecule has 1 amide bonds. The molecule has 0 aliphatic carbocycles. The molecule has 0 fully saturated rings. The largest absolute Gasteiger partial charge is 0.354 e. The van der Waals surface area contributed by atoms with Gasteiger partial charge in [0.15, 0.2) is 0 Å². The fourth-order valence-electron chi connectivity index (χ4n) is 2.04. The van der Waals surface area contributed by atoms with Crippen LogP contribution < -0.4 is 10.6 Å². The first-order valence-corrected chi connectivity index (χ1v) is 7.10. The molecule has 4 nitrogen and oxygen atoms in total. The predicted octanol–water partition coefficient (Wildman–Crippen LogP) is 1.61. The lowest BCUT2D eigenvalue weighted by molar-refractivity contribution is -0.121. The van der Waals surface area contributed by atoms with Crippen LogP contribution in [0.15, 0.2) is 0 Å². The highest BCUT2D eigenvalue weighted by molar-refractivity contribution is 5.76. The first-order valence-electron chi connectivity index (χ1n) is 7.10. The second-order valence-electron chi connectivity index (χ2n) is 5.65. The van der Waals surface area contributed by atoms with Gasteiger partial charge >= 0.3 is 0 Å². The van der Waals surface area contributed by atoms with E-state index >= 15 is 0 Å². The van der Waals surface area contributed by atoms with E-state index in [2.05, 4.69) is 43.2 Å². The maximum atomic E-state index is 11.4. The zero-order valence-electron chi connectivity index (χ0n) is 12.9. The van der Waals surface area contributed by atoms with Crippen molar-refractivity contribution in [2.24, 2.45) is 0 Å². The minimum absolute atomic E-state index is 0.127. The third kappa shape index (κ3) is 8.48. The molecule has 0 rings (SSSR count). The highest BCUT2D eigenvalue weighted by atomic mass is 16.1. The number of nitrogens with one attached hydrogen (secondary N) is 2. The molecule has 4 heteroatoms. The lowest BCUT2D eigenvalue weighted by Crippen LogP contribution is -2.42. The summed E-state index contributed by atoms with van der Waals surface area (Å²) in [6, 6.07) is 1.36. The van der Waals surface area contributed by atoms with Crippen LogP contribution in [-0.4, -0.2) is 48.6 Å². The Hall–Kier alpha value is -0.610. The first-order chi connectivity index (χ1) is 8.34. The third-order valence-electron chi connectivity index (χ3n) is 2.85. The van der Waals surface area contributed by atoms with Gasteiger partial charge in [0.25, 0.3) is 0 Å². The molecule has 0 heterocycles. The van der Waals surface area contributed by atoms with Crippen LogP contribution in [-0.2, 0) is 4.79 Å². The summed E-state index contributed by atoms with van der Waals surface area (Å²) in [6.07, 6.45) is 0.557. The average molecular weight is 257 g/mol. The second-order valence-corrected chi connectivity index (χ2v) is 5.65. The molecule has 0 radical (unpaired) electrons. The summed E-state index contributed by atoms with van der Waals surface area (Å²) in [4.78, 5) is 13.9. The monoisotopic (exact) mass is 257 g/mol. The Morgan fingerprint density at radius 3 is 2.00 bits per heavy atom. The van der Waals surface area contributed by atoms with Gasteiger partial charge in [-0.15, -0.1) is 0 Å². The highest BCUT2D eigenvalue weighted by Gasteiger charge is 2.12. The van der Waals surface area contributed by atoms with Gasteiger partial charge in [0.1, 0.15) is 0 Å². The van der Waals surface area contributed by atoms with Crippen molar-refractivity contribution < 1.29 is 4.79 Å². The molecule has 0 saturated heterocycles. The van der Waals surface area contributed by atoms with E-state index in [4.69, 9.17) is 0 Å². The number of amides is 1. The second kappa shape index (κ2) is 9.34. The number of rotatable bonds is 9. The van der Waals surface area contributed by atoms with E-state index in [9.17, 15) is 4.79 Å². The fourth-order valence-corrected chi connectivity index (χ4v) is 2.04. The molecule has 0 spiro atoms. The summed E-state index contributed by atoms with van der Waals surface area (Å²) in [7, 11) is 0. The summed E-state index contributed by atoms with van der Waals surface area (Å²) < 4.78 is 0. The van der Waals surface area contributed by atoms with Gasteiger partial charge in [-0.3, -0.25) is 9.69 Å². The molecule has 0 aliphatic rings. The first kappa shape index (κ1) is 17.4. The molecule has 0 saturated carbocycles. The molecule has 0 aromatic carbocycles. The SMILES string of the molecule is CC(C)NC(=O)CCNCCN(C(C)C)C(C)C. The molecule has 0 aromatic rings. The Morgan fingerprint density at radius 2 is 1.56 bits per heavy atom. The highest BCUT2D eigenvalue weighted by Crippen LogP contribution is 2.03. The molecule has 0 atom stereocenters. The van der Waals surface area contributed by atoms with Crippen LogP contribution in [0.25, 0.3) is 0 Å². The lowest BCUT2D eigenvalue weighted by atomic mass is 10.2. The maximum Gasteiger partial charge on any atom is 0.221 e. The van der Waals surface area contributed by atoms with Gasteiger partial charge in [-0.2, -0.15) is 0 Å². The molecule has 18 heavy (non-hydrogen) atoms. The van der Waals surface area contributed by atoms with E-state index in [1.54, 1.807) is 0 Å². The average Bonchev–Trinajstić information content (AvgIpc) is 2.20. The Kier molecular flexibility index (Phi) is 9.02. The number of carbonyl (C=O) groups excluding carboxylic acids is 1. The van der Waals surface area contributed by atoms with Crippen LogP contribution in [0.4, 0.5) is 0 Å². The van der Waals surface area contributed by atoms with E-state index in [0.717, 1.165) is 19.6 Å². The Morgan fingerprint density at radius 1 is 1.00 bits per heavy atom. The van der Waals surface area contributed by atoms with Gasteiger partial charge in [-0.05, 0) is 41.5 Å². The third-order valence-corrected chi connectivity index (χ3v) is 2.85. The van der Waals surface area contributed by atoms with E-state index < -0.39 is 0 Å². The molecule has 0 bridgehead atoms. The Bertz CT molecular complexity index is 219. The van der Waals surface area contributed by atoms with Crippen LogP contribution >= 0.6 is 0 Å². The molecule has 108 valence electrons. The van der Waals surface area contributed by atoms with Gasteiger partial charge in [-0.1, -0.05) is 0 Å². The summed E-state index contributed by atoms with van der Waals surface area (Å²) in [5, 5.41) is 6.22. The number of hydrogen-bond donors (Lipinski definition) is 2. The number of nitrogens with zero attached hydrogens (tertiary/aromatic N) is 1. The van der Waals surface area contributed by atoms with E-state index in [1.165, 1.54) is 0 Å². The quantitative estimate of drug-likeness (QED) is 0.617. The van der Waals surface area contributed by atoms with Crippen LogP contribution in [0.5, 0.6) is 0 Å². The maximum absolute atomic E-state index is 11.4. The van der Waals surface area contributed by atoms with E-state index in [-0.39, 0.29) is 11.9 Å². The Balaban J connectivity index is 3.64. The van der Waals surface area contributed by atoms with Gasteiger partial charge in [0, 0.05) is 44.2 Å². The standard InChI is InChI=1S/C14H31N3O/c1-11(2)16-14(18)7-8-15-9-10-17(12(3)4)13(5)6/h11-13,15H,7-10H2,1-6H3,(H,16,18).